The molecule has 46 heavy (non-hydrogen) atoms. The van der Waals surface area contributed by atoms with Crippen LogP contribution in [-0.2, 0) is 35.0 Å². The Bertz CT molecular complexity index is 1350. The SMILES string of the molecule is CCCCOCC(COc1c2ccccc2c(OCC(COCCCC)OC(=O)CCC)c2cc(CC)ccc12)OC(=O)CCC. The fraction of sp³-hybridized carbons (Fsp3) is 0.579. The fourth-order valence-corrected chi connectivity index (χ4v) is 5.08. The summed E-state index contributed by atoms with van der Waals surface area (Å²) in [5.41, 5.74) is 1.16. The predicted octanol–water partition coefficient (Wildman–Crippen LogP) is 8.37. The Hall–Kier alpha value is -3.36. The zero-order valence-corrected chi connectivity index (χ0v) is 28.6. The number of carbonyl (C=O) groups excluding carboxylic acids is 2. The Morgan fingerprint density at radius 2 is 1.07 bits per heavy atom. The Morgan fingerprint density at radius 3 is 1.52 bits per heavy atom. The molecule has 0 aliphatic carbocycles. The van der Waals surface area contributed by atoms with E-state index in [1.165, 1.54) is 0 Å². The van der Waals surface area contributed by atoms with E-state index in [1.807, 2.05) is 38.1 Å². The van der Waals surface area contributed by atoms with Crippen LogP contribution in [-0.4, -0.2) is 63.8 Å². The Morgan fingerprint density at radius 1 is 0.587 bits per heavy atom. The van der Waals surface area contributed by atoms with E-state index in [9.17, 15) is 9.59 Å². The van der Waals surface area contributed by atoms with Crippen LogP contribution in [0.2, 0.25) is 0 Å². The molecule has 3 aromatic carbocycles. The maximum absolute atomic E-state index is 12.4. The largest absolute Gasteiger partial charge is 0.488 e. The number of aryl methyl sites for hydroxylation is 1. The van der Waals surface area contributed by atoms with Crippen LogP contribution in [0.5, 0.6) is 11.5 Å². The van der Waals surface area contributed by atoms with Gasteiger partial charge in [-0.3, -0.25) is 9.59 Å². The number of benzene rings is 3. The smallest absolute Gasteiger partial charge is 0.306 e. The second-order valence-corrected chi connectivity index (χ2v) is 11.6. The minimum atomic E-state index is -0.540. The van der Waals surface area contributed by atoms with Gasteiger partial charge in [0.1, 0.15) is 24.7 Å². The first-order chi connectivity index (χ1) is 22.4. The summed E-state index contributed by atoms with van der Waals surface area (Å²) in [5, 5.41) is 3.54. The van der Waals surface area contributed by atoms with Gasteiger partial charge in [0, 0.05) is 47.6 Å². The fourth-order valence-electron chi connectivity index (χ4n) is 5.08. The van der Waals surface area contributed by atoms with E-state index in [0.29, 0.717) is 50.4 Å². The molecule has 0 saturated carbocycles. The van der Waals surface area contributed by atoms with Gasteiger partial charge in [0.15, 0.2) is 12.2 Å². The van der Waals surface area contributed by atoms with Crippen molar-refractivity contribution in [2.24, 2.45) is 0 Å². The van der Waals surface area contributed by atoms with Crippen LogP contribution in [0, 0.1) is 0 Å². The van der Waals surface area contributed by atoms with Crippen molar-refractivity contribution >= 4 is 33.5 Å². The highest BCUT2D eigenvalue weighted by Gasteiger charge is 2.22. The van der Waals surface area contributed by atoms with E-state index in [-0.39, 0.29) is 38.4 Å². The molecule has 0 radical (unpaired) electrons. The van der Waals surface area contributed by atoms with Crippen molar-refractivity contribution in [3.63, 3.8) is 0 Å². The summed E-state index contributed by atoms with van der Waals surface area (Å²) in [6.45, 7) is 12.3. The predicted molar refractivity (Wildman–Crippen MR) is 183 cm³/mol. The normalized spacial score (nSPS) is 12.6. The van der Waals surface area contributed by atoms with Gasteiger partial charge in [0.2, 0.25) is 0 Å². The van der Waals surface area contributed by atoms with Crippen LogP contribution in [0.1, 0.15) is 91.5 Å². The molecule has 8 heteroatoms. The number of esters is 2. The van der Waals surface area contributed by atoms with Crippen molar-refractivity contribution < 1.29 is 38.0 Å². The topological polar surface area (TPSA) is 89.5 Å². The van der Waals surface area contributed by atoms with Crippen LogP contribution in [0.25, 0.3) is 21.5 Å². The lowest BCUT2D eigenvalue weighted by molar-refractivity contribution is -0.155. The van der Waals surface area contributed by atoms with Crippen molar-refractivity contribution in [1.82, 2.24) is 0 Å². The summed E-state index contributed by atoms with van der Waals surface area (Å²) in [7, 11) is 0. The lowest BCUT2D eigenvalue weighted by Gasteiger charge is -2.23. The highest BCUT2D eigenvalue weighted by atomic mass is 16.6. The highest BCUT2D eigenvalue weighted by molar-refractivity contribution is 6.11. The molecule has 2 atom stereocenters. The van der Waals surface area contributed by atoms with Crippen molar-refractivity contribution in [1.29, 1.82) is 0 Å². The summed E-state index contributed by atoms with van der Waals surface area (Å²) in [6.07, 6.45) is 5.82. The minimum absolute atomic E-state index is 0.154. The standard InChI is InChI=1S/C38H54O8/c1-6-11-21-41-24-29(45-35(39)15-8-3)26-43-37-31-17-13-14-18-32(31)38(34-23-28(10-5)19-20-33(34)37)44-27-30(25-42-22-12-7-2)46-36(40)16-9-4/h13-14,17-20,23,29-30H,6-12,15-16,21-22,24-27H2,1-5H3. The Labute approximate surface area is 275 Å². The highest BCUT2D eigenvalue weighted by Crippen LogP contribution is 2.43. The molecule has 8 nitrogen and oxygen atoms in total. The van der Waals surface area contributed by atoms with Gasteiger partial charge in [-0.15, -0.1) is 0 Å². The van der Waals surface area contributed by atoms with Gasteiger partial charge >= 0.3 is 11.9 Å². The summed E-state index contributed by atoms with van der Waals surface area (Å²) >= 11 is 0. The molecular formula is C38H54O8. The van der Waals surface area contributed by atoms with Gasteiger partial charge in [-0.2, -0.15) is 0 Å². The summed E-state index contributed by atoms with van der Waals surface area (Å²) in [5.74, 6) is 0.885. The van der Waals surface area contributed by atoms with Crippen molar-refractivity contribution in [3.05, 3.63) is 48.0 Å². The molecule has 0 fully saturated rings. The number of fused-ring (bicyclic) bond motifs is 2. The minimum Gasteiger partial charge on any atom is -0.488 e. The van der Waals surface area contributed by atoms with Crippen LogP contribution in [0.15, 0.2) is 42.5 Å². The monoisotopic (exact) mass is 638 g/mol. The first-order valence-electron chi connectivity index (χ1n) is 17.2. The molecule has 0 aromatic heterocycles. The van der Waals surface area contributed by atoms with Gasteiger partial charge in [0.05, 0.1) is 13.2 Å². The maximum atomic E-state index is 12.4. The molecular weight excluding hydrogens is 584 g/mol. The molecule has 0 saturated heterocycles. The second kappa shape index (κ2) is 20.7. The third-order valence-corrected chi connectivity index (χ3v) is 7.62. The second-order valence-electron chi connectivity index (χ2n) is 11.6. The maximum Gasteiger partial charge on any atom is 0.306 e. The number of carbonyl (C=O) groups is 2. The average Bonchev–Trinajstić information content (AvgIpc) is 3.06. The van der Waals surface area contributed by atoms with Crippen LogP contribution in [0.3, 0.4) is 0 Å². The third-order valence-electron chi connectivity index (χ3n) is 7.62. The first kappa shape index (κ1) is 37.1. The molecule has 0 aliphatic rings. The van der Waals surface area contributed by atoms with Crippen LogP contribution in [0.4, 0.5) is 0 Å². The number of hydrogen-bond donors (Lipinski definition) is 0. The lowest BCUT2D eigenvalue weighted by atomic mass is 9.98. The number of ether oxygens (including phenoxy) is 6. The average molecular weight is 639 g/mol. The van der Waals surface area contributed by atoms with Crippen LogP contribution >= 0.6 is 0 Å². The molecule has 254 valence electrons. The first-order valence-corrected chi connectivity index (χ1v) is 17.2. The molecule has 3 aromatic rings. The number of rotatable bonds is 23. The van der Waals surface area contributed by atoms with Crippen LogP contribution < -0.4 is 9.47 Å². The van der Waals surface area contributed by atoms with E-state index in [0.717, 1.165) is 59.2 Å². The van der Waals surface area contributed by atoms with E-state index in [2.05, 4.69) is 39.0 Å². The van der Waals surface area contributed by atoms with E-state index in [1.54, 1.807) is 0 Å². The van der Waals surface area contributed by atoms with Gasteiger partial charge in [-0.1, -0.05) is 83.9 Å². The van der Waals surface area contributed by atoms with Gasteiger partial charge in [-0.05, 0) is 43.7 Å². The summed E-state index contributed by atoms with van der Waals surface area (Å²) in [4.78, 5) is 24.9. The number of hydrogen-bond acceptors (Lipinski definition) is 8. The lowest BCUT2D eigenvalue weighted by Crippen LogP contribution is -2.30. The molecule has 0 bridgehead atoms. The van der Waals surface area contributed by atoms with E-state index >= 15 is 0 Å². The zero-order valence-electron chi connectivity index (χ0n) is 28.6. The Kier molecular flexibility index (Phi) is 16.7. The quantitative estimate of drug-likeness (QED) is 0.0582. The third kappa shape index (κ3) is 11.5. The molecule has 0 N–H and O–H groups in total. The van der Waals surface area contributed by atoms with Crippen molar-refractivity contribution in [2.75, 3.05) is 39.6 Å². The van der Waals surface area contributed by atoms with E-state index < -0.39 is 12.2 Å². The van der Waals surface area contributed by atoms with Gasteiger partial charge in [0.25, 0.3) is 0 Å². The van der Waals surface area contributed by atoms with Gasteiger partial charge in [-0.25, -0.2) is 0 Å². The Balaban J connectivity index is 1.97. The van der Waals surface area contributed by atoms with Gasteiger partial charge < -0.3 is 28.4 Å². The molecule has 0 aliphatic heterocycles. The van der Waals surface area contributed by atoms with E-state index in [4.69, 9.17) is 28.4 Å². The molecule has 0 heterocycles. The molecule has 0 spiro atoms. The zero-order chi connectivity index (χ0) is 33.1. The van der Waals surface area contributed by atoms with Crippen molar-refractivity contribution in [3.8, 4) is 11.5 Å². The molecule has 0 amide bonds. The number of unbranched alkanes of at least 4 members (excludes halogenated alkanes) is 2. The molecule has 3 rings (SSSR count). The summed E-state index contributed by atoms with van der Waals surface area (Å²) in [6, 6.07) is 14.2. The molecule has 2 unspecified atom stereocenters. The summed E-state index contributed by atoms with van der Waals surface area (Å²) < 4.78 is 36.3. The van der Waals surface area contributed by atoms with Crippen molar-refractivity contribution in [2.45, 2.75) is 105 Å².